The van der Waals surface area contributed by atoms with Gasteiger partial charge in [-0.2, -0.15) is 0 Å². The van der Waals surface area contributed by atoms with Gasteiger partial charge in [0.1, 0.15) is 0 Å². The van der Waals surface area contributed by atoms with Gasteiger partial charge in [0.2, 0.25) is 0 Å². The predicted octanol–water partition coefficient (Wildman–Crippen LogP) is 16.1. The fraction of sp³-hybridized carbons (Fsp3) is 0. The number of aromatic nitrogens is 1. The van der Waals surface area contributed by atoms with Crippen LogP contribution in [0.3, 0.4) is 0 Å². The first-order chi connectivity index (χ1) is 29.8. The molecule has 11 rings (SSSR count). The van der Waals surface area contributed by atoms with Crippen LogP contribution in [-0.4, -0.2) is 4.57 Å². The SMILES string of the molecule is c1ccc(-c2ccc(N(c3ccc(-c4ccccc4)cc3)c3ccc(-c4ccccc4-n4c5ccccc5c5cc(-c6cccc7ccccc67)ccc54)cc3)cc2)cc1. The van der Waals surface area contributed by atoms with Crippen LogP contribution in [0.15, 0.2) is 243 Å². The zero-order chi connectivity index (χ0) is 39.8. The minimum Gasteiger partial charge on any atom is -0.311 e. The van der Waals surface area contributed by atoms with Crippen LogP contribution in [0.25, 0.3) is 82.8 Å². The van der Waals surface area contributed by atoms with Gasteiger partial charge in [0.15, 0.2) is 0 Å². The topological polar surface area (TPSA) is 8.17 Å². The van der Waals surface area contributed by atoms with Crippen molar-refractivity contribution in [2.24, 2.45) is 0 Å². The van der Waals surface area contributed by atoms with Gasteiger partial charge in [0, 0.05) is 33.4 Å². The van der Waals surface area contributed by atoms with Gasteiger partial charge in [-0.05, 0) is 110 Å². The lowest BCUT2D eigenvalue weighted by molar-refractivity contribution is 1.18. The minimum absolute atomic E-state index is 1.09. The normalized spacial score (nSPS) is 11.3. The van der Waals surface area contributed by atoms with Crippen molar-refractivity contribution < 1.29 is 0 Å². The number of hydrogen-bond donors (Lipinski definition) is 0. The standard InChI is InChI=1S/C58H40N2/c1-3-14-41(15-4-1)43-26-33-48(34-27-43)59(49-35-28-44(29-36-49)42-16-5-2-6-17-42)50-37-30-46(31-38-50)53-21-9-11-24-56(53)60-57-25-12-10-22-54(57)55-40-47(32-39-58(55)60)52-23-13-19-45-18-7-8-20-51(45)52/h1-40H. The van der Waals surface area contributed by atoms with Gasteiger partial charge in [-0.15, -0.1) is 0 Å². The lowest BCUT2D eigenvalue weighted by atomic mass is 9.97. The highest BCUT2D eigenvalue weighted by Crippen LogP contribution is 2.41. The second kappa shape index (κ2) is 15.1. The summed E-state index contributed by atoms with van der Waals surface area (Å²) in [5.74, 6) is 0. The zero-order valence-corrected chi connectivity index (χ0v) is 33.0. The Labute approximate surface area is 350 Å². The molecule has 0 unspecified atom stereocenters. The van der Waals surface area contributed by atoms with Gasteiger partial charge < -0.3 is 9.47 Å². The van der Waals surface area contributed by atoms with E-state index in [4.69, 9.17) is 0 Å². The van der Waals surface area contributed by atoms with E-state index in [1.807, 2.05) is 0 Å². The van der Waals surface area contributed by atoms with Crippen molar-refractivity contribution in [1.82, 2.24) is 4.57 Å². The number of benzene rings is 10. The molecule has 0 aliphatic carbocycles. The Balaban J connectivity index is 0.997. The first-order valence-corrected chi connectivity index (χ1v) is 20.6. The maximum Gasteiger partial charge on any atom is 0.0541 e. The van der Waals surface area contributed by atoms with Crippen LogP contribution < -0.4 is 4.90 Å². The molecule has 0 saturated heterocycles. The summed E-state index contributed by atoms with van der Waals surface area (Å²) in [5.41, 5.74) is 16.4. The van der Waals surface area contributed by atoms with E-state index < -0.39 is 0 Å². The van der Waals surface area contributed by atoms with Crippen molar-refractivity contribution in [3.05, 3.63) is 243 Å². The van der Waals surface area contributed by atoms with E-state index in [1.54, 1.807) is 0 Å². The van der Waals surface area contributed by atoms with E-state index in [2.05, 4.69) is 252 Å². The van der Waals surface area contributed by atoms with E-state index >= 15 is 0 Å². The minimum atomic E-state index is 1.09. The molecule has 0 radical (unpaired) electrons. The number of rotatable bonds is 8. The van der Waals surface area contributed by atoms with Gasteiger partial charge in [0.25, 0.3) is 0 Å². The predicted molar refractivity (Wildman–Crippen MR) is 255 cm³/mol. The Morgan fingerprint density at radius 1 is 0.267 bits per heavy atom. The third-order valence-corrected chi connectivity index (χ3v) is 11.8. The fourth-order valence-electron chi connectivity index (χ4n) is 8.89. The van der Waals surface area contributed by atoms with Gasteiger partial charge in [0.05, 0.1) is 16.7 Å². The second-order valence-corrected chi connectivity index (χ2v) is 15.3. The van der Waals surface area contributed by atoms with Gasteiger partial charge in [-0.3, -0.25) is 0 Å². The molecule has 0 bridgehead atoms. The zero-order valence-electron chi connectivity index (χ0n) is 33.0. The Hall–Kier alpha value is -7.94. The Bertz CT molecular complexity index is 3180. The average Bonchev–Trinajstić information content (AvgIpc) is 3.66. The molecule has 0 aliphatic rings. The summed E-state index contributed by atoms with van der Waals surface area (Å²) in [4.78, 5) is 2.35. The molecule has 0 aliphatic heterocycles. The maximum absolute atomic E-state index is 2.44. The Kier molecular flexibility index (Phi) is 8.87. The molecule has 0 N–H and O–H groups in total. The molecule has 0 fully saturated rings. The molecular weight excluding hydrogens is 725 g/mol. The second-order valence-electron chi connectivity index (χ2n) is 15.3. The largest absolute Gasteiger partial charge is 0.311 e. The van der Waals surface area contributed by atoms with Crippen LogP contribution in [0.1, 0.15) is 0 Å². The summed E-state index contributed by atoms with van der Waals surface area (Å²) in [6, 6.07) is 87.8. The molecule has 11 aromatic rings. The monoisotopic (exact) mass is 764 g/mol. The van der Waals surface area contributed by atoms with E-state index in [9.17, 15) is 0 Å². The Morgan fingerprint density at radius 2 is 0.717 bits per heavy atom. The number of para-hydroxylation sites is 2. The van der Waals surface area contributed by atoms with Crippen molar-refractivity contribution in [2.45, 2.75) is 0 Å². The summed E-state index contributed by atoms with van der Waals surface area (Å²) in [6.45, 7) is 0. The highest BCUT2D eigenvalue weighted by atomic mass is 15.1. The van der Waals surface area contributed by atoms with E-state index in [1.165, 1.54) is 71.5 Å². The van der Waals surface area contributed by atoms with E-state index in [0.29, 0.717) is 0 Å². The van der Waals surface area contributed by atoms with Gasteiger partial charge in [-0.1, -0.05) is 182 Å². The van der Waals surface area contributed by atoms with Crippen molar-refractivity contribution in [3.63, 3.8) is 0 Å². The van der Waals surface area contributed by atoms with E-state index in [-0.39, 0.29) is 0 Å². The number of hydrogen-bond acceptors (Lipinski definition) is 1. The smallest absolute Gasteiger partial charge is 0.0541 e. The van der Waals surface area contributed by atoms with Crippen LogP contribution in [0, 0.1) is 0 Å². The lowest BCUT2D eigenvalue weighted by Gasteiger charge is -2.26. The summed E-state index contributed by atoms with van der Waals surface area (Å²) in [6.07, 6.45) is 0. The molecule has 2 heteroatoms. The summed E-state index contributed by atoms with van der Waals surface area (Å²) in [5, 5.41) is 5.01. The van der Waals surface area contributed by atoms with Crippen LogP contribution in [0.2, 0.25) is 0 Å². The number of fused-ring (bicyclic) bond motifs is 4. The van der Waals surface area contributed by atoms with Crippen molar-refractivity contribution >= 4 is 49.6 Å². The highest BCUT2D eigenvalue weighted by molar-refractivity contribution is 6.12. The van der Waals surface area contributed by atoms with Crippen LogP contribution in [-0.2, 0) is 0 Å². The molecule has 0 saturated carbocycles. The molecule has 2 nitrogen and oxygen atoms in total. The van der Waals surface area contributed by atoms with E-state index in [0.717, 1.165) is 28.3 Å². The average molecular weight is 765 g/mol. The first kappa shape index (κ1) is 35.2. The summed E-state index contributed by atoms with van der Waals surface area (Å²) >= 11 is 0. The fourth-order valence-corrected chi connectivity index (χ4v) is 8.89. The Morgan fingerprint density at radius 3 is 1.37 bits per heavy atom. The molecular formula is C58H40N2. The molecule has 0 spiro atoms. The summed E-state index contributed by atoms with van der Waals surface area (Å²) in [7, 11) is 0. The highest BCUT2D eigenvalue weighted by Gasteiger charge is 2.18. The third-order valence-electron chi connectivity index (χ3n) is 11.8. The molecule has 282 valence electrons. The first-order valence-electron chi connectivity index (χ1n) is 20.6. The molecule has 60 heavy (non-hydrogen) atoms. The molecule has 10 aromatic carbocycles. The van der Waals surface area contributed by atoms with Gasteiger partial charge >= 0.3 is 0 Å². The number of anilines is 3. The molecule has 0 amide bonds. The molecule has 1 aromatic heterocycles. The number of nitrogens with zero attached hydrogens (tertiary/aromatic N) is 2. The van der Waals surface area contributed by atoms with Crippen molar-refractivity contribution in [2.75, 3.05) is 4.90 Å². The molecule has 0 atom stereocenters. The summed E-state index contributed by atoms with van der Waals surface area (Å²) < 4.78 is 2.44. The van der Waals surface area contributed by atoms with Crippen LogP contribution in [0.4, 0.5) is 17.1 Å². The lowest BCUT2D eigenvalue weighted by Crippen LogP contribution is -2.09. The van der Waals surface area contributed by atoms with Crippen molar-refractivity contribution in [3.8, 4) is 50.2 Å². The third kappa shape index (κ3) is 6.32. The van der Waals surface area contributed by atoms with Crippen LogP contribution >= 0.6 is 0 Å². The van der Waals surface area contributed by atoms with Gasteiger partial charge in [-0.25, -0.2) is 0 Å². The quantitative estimate of drug-likeness (QED) is 0.150. The maximum atomic E-state index is 2.44. The molecule has 1 heterocycles. The van der Waals surface area contributed by atoms with Crippen LogP contribution in [0.5, 0.6) is 0 Å². The van der Waals surface area contributed by atoms with Crippen molar-refractivity contribution in [1.29, 1.82) is 0 Å².